The van der Waals surface area contributed by atoms with E-state index in [-0.39, 0.29) is 41.3 Å². The minimum atomic E-state index is -4.96. The lowest BCUT2D eigenvalue weighted by molar-refractivity contribution is -0.117. The van der Waals surface area contributed by atoms with E-state index in [2.05, 4.69) is 5.32 Å². The van der Waals surface area contributed by atoms with Gasteiger partial charge in [-0.3, -0.25) is 9.35 Å². The number of amides is 2. The SMILES string of the molecule is CO[C@H]1/C=C/C=C(/C)C(=O)NC2=CC(OS(=O)(=O)O)C(N)=C(C[C@@H](C)C[C@H](OC)[C@H](O)[C@@H](C)/C=C(\C)[C@@H]1OC(N)=O)C2O. The third kappa shape index (κ3) is 10.3. The largest absolute Gasteiger partial charge is 0.439 e. The minimum Gasteiger partial charge on any atom is -0.439 e. The number of ether oxygens (including phenoxy) is 3. The Labute approximate surface area is 252 Å². The van der Waals surface area contributed by atoms with Gasteiger partial charge in [-0.2, -0.15) is 8.42 Å². The van der Waals surface area contributed by atoms with Crippen LogP contribution in [0.25, 0.3) is 0 Å². The Bertz CT molecular complexity index is 1290. The standard InChI is InChI=1S/C28H43N3O11S/c1-14-10-18-23(29)21(42-43(36,37)38)13-19(25(18)33)31-27(34)15(2)8-7-9-20(39-5)26(41-28(30)35)17(4)12-16(3)24(32)22(11-14)40-6/h7-9,12-14,16,20-22,24-26,32-33H,10-11,29H2,1-6H3,(H2,30,35)(H,31,34)(H,36,37,38)/b9-7+,15-8-,17-12+/t14-,16+,20+,21?,22+,24-,25?,26+/m1/s1. The molecule has 0 spiro atoms. The topological polar surface area (TPSA) is 230 Å². The number of hydrogen-bond donors (Lipinski definition) is 6. The number of aliphatic hydroxyl groups excluding tert-OH is 2. The molecule has 0 aromatic heterocycles. The smallest absolute Gasteiger partial charge is 0.405 e. The lowest BCUT2D eigenvalue weighted by Gasteiger charge is -2.32. The van der Waals surface area contributed by atoms with E-state index in [1.165, 1.54) is 33.3 Å². The number of carbonyl (C=O) groups excluding carboxylic acids is 2. The number of hydrogen-bond acceptors (Lipinski definition) is 11. The molecule has 14 nitrogen and oxygen atoms in total. The second-order valence-electron chi connectivity index (χ2n) is 10.8. The van der Waals surface area contributed by atoms with Crippen LogP contribution in [-0.4, -0.2) is 86.0 Å². The molecule has 8 N–H and O–H groups in total. The third-order valence-electron chi connectivity index (χ3n) is 7.33. The first kappa shape index (κ1) is 36.1. The summed E-state index contributed by atoms with van der Waals surface area (Å²) in [6, 6.07) is 0. The molecular formula is C28H43N3O11S. The van der Waals surface area contributed by atoms with Gasteiger partial charge in [0, 0.05) is 31.4 Å². The molecule has 242 valence electrons. The average molecular weight is 630 g/mol. The van der Waals surface area contributed by atoms with E-state index in [0.29, 0.717) is 5.57 Å². The quantitative estimate of drug-likeness (QED) is 0.186. The van der Waals surface area contributed by atoms with Crippen molar-refractivity contribution in [1.29, 1.82) is 0 Å². The number of carbonyl (C=O) groups is 2. The number of rotatable bonds is 5. The van der Waals surface area contributed by atoms with Gasteiger partial charge >= 0.3 is 16.5 Å². The van der Waals surface area contributed by atoms with Crippen molar-refractivity contribution in [1.82, 2.24) is 5.32 Å². The summed E-state index contributed by atoms with van der Waals surface area (Å²) in [6.07, 6.45) is 0.227. The van der Waals surface area contributed by atoms with Gasteiger partial charge in [-0.15, -0.1) is 0 Å². The van der Waals surface area contributed by atoms with E-state index < -0.39 is 64.9 Å². The molecular weight excluding hydrogens is 586 g/mol. The van der Waals surface area contributed by atoms with Crippen LogP contribution < -0.4 is 16.8 Å². The van der Waals surface area contributed by atoms with Gasteiger partial charge < -0.3 is 41.2 Å². The Morgan fingerprint density at radius 2 is 1.77 bits per heavy atom. The Balaban J connectivity index is 2.65. The zero-order valence-electron chi connectivity index (χ0n) is 25.1. The van der Waals surface area contributed by atoms with Crippen LogP contribution in [-0.2, 0) is 33.6 Å². The van der Waals surface area contributed by atoms with Gasteiger partial charge in [0.1, 0.15) is 18.3 Å². The molecule has 2 rings (SSSR count). The lowest BCUT2D eigenvalue weighted by atomic mass is 9.84. The van der Waals surface area contributed by atoms with E-state index in [9.17, 15) is 32.8 Å². The van der Waals surface area contributed by atoms with Crippen molar-refractivity contribution < 1.29 is 51.2 Å². The van der Waals surface area contributed by atoms with E-state index in [4.69, 9.17) is 29.9 Å². The molecule has 2 amide bonds. The normalized spacial score (nSPS) is 35.1. The molecule has 8 atom stereocenters. The summed E-state index contributed by atoms with van der Waals surface area (Å²) >= 11 is 0. The maximum Gasteiger partial charge on any atom is 0.405 e. The second-order valence-corrected chi connectivity index (χ2v) is 11.8. The van der Waals surface area contributed by atoms with Gasteiger partial charge in [0.25, 0.3) is 5.91 Å². The molecule has 2 bridgehead atoms. The highest BCUT2D eigenvalue weighted by Crippen LogP contribution is 2.32. The molecule has 0 saturated heterocycles. The summed E-state index contributed by atoms with van der Waals surface area (Å²) < 4.78 is 53.5. The first-order chi connectivity index (χ1) is 20.0. The molecule has 1 aliphatic carbocycles. The number of nitrogens with one attached hydrogen (secondary N) is 1. The minimum absolute atomic E-state index is 0.100. The molecule has 1 aliphatic heterocycles. The molecule has 15 heteroatoms. The van der Waals surface area contributed by atoms with Crippen molar-refractivity contribution in [3.8, 4) is 0 Å². The van der Waals surface area contributed by atoms with Crippen molar-refractivity contribution in [2.24, 2.45) is 23.3 Å². The Morgan fingerprint density at radius 1 is 1.12 bits per heavy atom. The van der Waals surface area contributed by atoms with Gasteiger partial charge in [0.2, 0.25) is 0 Å². The predicted octanol–water partition coefficient (Wildman–Crippen LogP) is 1.13. The second kappa shape index (κ2) is 15.6. The molecule has 0 radical (unpaired) electrons. The van der Waals surface area contributed by atoms with Gasteiger partial charge in [0.05, 0.1) is 17.9 Å². The molecule has 2 aliphatic rings. The zero-order chi connectivity index (χ0) is 32.6. The maximum atomic E-state index is 13.0. The number of primary amides is 1. The van der Waals surface area contributed by atoms with E-state index in [1.807, 2.05) is 6.92 Å². The van der Waals surface area contributed by atoms with Crippen LogP contribution in [0.1, 0.15) is 40.5 Å². The van der Waals surface area contributed by atoms with Gasteiger partial charge in [-0.1, -0.05) is 38.2 Å². The Kier molecular flexibility index (Phi) is 13.1. The van der Waals surface area contributed by atoms with Gasteiger partial charge in [-0.05, 0) is 49.8 Å². The highest BCUT2D eigenvalue weighted by Gasteiger charge is 2.35. The van der Waals surface area contributed by atoms with Crippen LogP contribution in [0.3, 0.4) is 0 Å². The van der Waals surface area contributed by atoms with E-state index in [1.54, 1.807) is 26.0 Å². The van der Waals surface area contributed by atoms with Crippen LogP contribution >= 0.6 is 0 Å². The van der Waals surface area contributed by atoms with Gasteiger partial charge in [0.15, 0.2) is 6.10 Å². The number of fused-ring (bicyclic) bond motifs is 2. The Hall–Kier alpha value is -3.05. The zero-order valence-corrected chi connectivity index (χ0v) is 25.9. The number of allylic oxidation sites excluding steroid dienone is 2. The highest BCUT2D eigenvalue weighted by atomic mass is 32.3. The van der Waals surface area contributed by atoms with Crippen LogP contribution in [0.5, 0.6) is 0 Å². The van der Waals surface area contributed by atoms with E-state index in [0.717, 1.165) is 6.08 Å². The molecule has 1 heterocycles. The van der Waals surface area contributed by atoms with Crippen molar-refractivity contribution in [3.05, 3.63) is 58.5 Å². The first-order valence-electron chi connectivity index (χ1n) is 13.6. The van der Waals surface area contributed by atoms with Gasteiger partial charge in [-0.25, -0.2) is 8.98 Å². The van der Waals surface area contributed by atoms with Crippen LogP contribution in [0.4, 0.5) is 4.79 Å². The van der Waals surface area contributed by atoms with E-state index >= 15 is 0 Å². The average Bonchev–Trinajstić information content (AvgIpc) is 2.91. The van der Waals surface area contributed by atoms with Crippen molar-refractivity contribution in [3.63, 3.8) is 0 Å². The summed E-state index contributed by atoms with van der Waals surface area (Å²) in [6.45, 7) is 6.77. The summed E-state index contributed by atoms with van der Waals surface area (Å²) in [5.41, 5.74) is 12.2. The fourth-order valence-corrected chi connectivity index (χ4v) is 5.48. The Morgan fingerprint density at radius 3 is 2.33 bits per heavy atom. The molecule has 2 unspecified atom stereocenters. The number of aliphatic hydroxyl groups is 2. The van der Waals surface area contributed by atoms with Crippen LogP contribution in [0.2, 0.25) is 0 Å². The van der Waals surface area contributed by atoms with Crippen LogP contribution in [0.15, 0.2) is 58.5 Å². The number of methoxy groups -OCH3 is 2. The lowest BCUT2D eigenvalue weighted by Crippen LogP contribution is -2.40. The molecule has 0 aromatic rings. The monoisotopic (exact) mass is 629 g/mol. The molecule has 0 aromatic carbocycles. The van der Waals surface area contributed by atoms with Crippen molar-refractivity contribution >= 4 is 22.4 Å². The summed E-state index contributed by atoms with van der Waals surface area (Å²) in [5.74, 6) is -1.42. The molecule has 0 saturated carbocycles. The fraction of sp³-hybridized carbons (Fsp3) is 0.571. The maximum absolute atomic E-state index is 13.0. The summed E-state index contributed by atoms with van der Waals surface area (Å²) in [4.78, 5) is 24.7. The van der Waals surface area contributed by atoms with Crippen molar-refractivity contribution in [2.45, 2.75) is 77.2 Å². The molecule has 0 fully saturated rings. The molecule has 43 heavy (non-hydrogen) atoms. The summed E-state index contributed by atoms with van der Waals surface area (Å²) in [5, 5.41) is 24.9. The highest BCUT2D eigenvalue weighted by molar-refractivity contribution is 7.80. The predicted molar refractivity (Wildman–Crippen MR) is 156 cm³/mol. The fourth-order valence-electron chi connectivity index (χ4n) is 5.06. The first-order valence-corrected chi connectivity index (χ1v) is 14.9. The van der Waals surface area contributed by atoms with Crippen LogP contribution in [0, 0.1) is 11.8 Å². The number of nitrogens with two attached hydrogens (primary N) is 2. The van der Waals surface area contributed by atoms with Crippen molar-refractivity contribution in [2.75, 3.05) is 14.2 Å². The third-order valence-corrected chi connectivity index (χ3v) is 7.79. The summed E-state index contributed by atoms with van der Waals surface area (Å²) in [7, 11) is -2.12.